The van der Waals surface area contributed by atoms with Crippen LogP contribution in [0.2, 0.25) is 0 Å². The van der Waals surface area contributed by atoms with Crippen molar-refractivity contribution in [2.45, 2.75) is 13.5 Å². The number of hydrogen-bond acceptors (Lipinski definition) is 6. The minimum absolute atomic E-state index is 0. The van der Waals surface area contributed by atoms with Crippen LogP contribution in [0.3, 0.4) is 0 Å². The lowest BCUT2D eigenvalue weighted by Gasteiger charge is -2.04. The van der Waals surface area contributed by atoms with E-state index in [1.165, 1.54) is 17.4 Å². The summed E-state index contributed by atoms with van der Waals surface area (Å²) in [7, 11) is 0. The van der Waals surface area contributed by atoms with Crippen molar-refractivity contribution >= 4 is 52.0 Å². The molecule has 0 saturated carbocycles. The van der Waals surface area contributed by atoms with Gasteiger partial charge >= 0.3 is 5.97 Å². The maximum atomic E-state index is 12.1. The van der Waals surface area contributed by atoms with Crippen LogP contribution >= 0.6 is 28.3 Å². The topological polar surface area (TPSA) is 89.8 Å². The molecule has 1 aromatic heterocycles. The van der Waals surface area contributed by atoms with Crippen molar-refractivity contribution in [2.24, 2.45) is 4.99 Å². The van der Waals surface area contributed by atoms with Crippen LogP contribution < -0.4 is 20.2 Å². The molecule has 1 amide bonds. The molecule has 3 rings (SSSR count). The molecule has 9 heteroatoms. The summed E-state index contributed by atoms with van der Waals surface area (Å²) >= 11 is 1.21. The van der Waals surface area contributed by atoms with Gasteiger partial charge < -0.3 is 10.1 Å². The number of thiazole rings is 1. The van der Waals surface area contributed by atoms with Gasteiger partial charge in [0.15, 0.2) is 4.80 Å². The van der Waals surface area contributed by atoms with Gasteiger partial charge in [0.2, 0.25) is 5.91 Å². The van der Waals surface area contributed by atoms with E-state index < -0.39 is 11.9 Å². The second-order valence-electron chi connectivity index (χ2n) is 5.02. The summed E-state index contributed by atoms with van der Waals surface area (Å²) in [5, 5.41) is 2.66. The highest BCUT2D eigenvalue weighted by Crippen LogP contribution is 2.10. The molecular weight excluding hydrogens is 410 g/mol. The van der Waals surface area contributed by atoms with E-state index in [1.54, 1.807) is 35.8 Å². The lowest BCUT2D eigenvalue weighted by molar-refractivity contribution is -0.110. The number of fused-ring (bicyclic) bond motifs is 1. The van der Waals surface area contributed by atoms with E-state index in [4.69, 9.17) is 4.74 Å². The third-order valence-electron chi connectivity index (χ3n) is 3.38. The van der Waals surface area contributed by atoms with E-state index in [9.17, 15) is 14.4 Å². The van der Waals surface area contributed by atoms with Crippen molar-refractivity contribution in [3.63, 3.8) is 0 Å². The second kappa shape index (κ2) is 8.21. The lowest BCUT2D eigenvalue weighted by atomic mass is 10.2. The first kappa shape index (κ1) is 19.1. The molecule has 0 aliphatic carbocycles. The standard InChI is InChI=1S/C16H15N3O4S.BrH/c1-2-23-15(22)10-3-5-11(6-4-10)18-13(20)9-12-14(21)19-8-7-17-16(19)24-12;/h3-6,9H,2,7-8H2,1H3,(H,18,20);1H/b12-9-;. The predicted octanol–water partition coefficient (Wildman–Crippen LogP) is 0.717. The first-order valence-corrected chi connectivity index (χ1v) is 8.24. The van der Waals surface area contributed by atoms with Gasteiger partial charge in [0.25, 0.3) is 5.56 Å². The Morgan fingerprint density at radius 1 is 1.36 bits per heavy atom. The van der Waals surface area contributed by atoms with Crippen molar-refractivity contribution in [1.29, 1.82) is 0 Å². The first-order valence-electron chi connectivity index (χ1n) is 7.42. The van der Waals surface area contributed by atoms with Crippen molar-refractivity contribution in [2.75, 3.05) is 18.5 Å². The predicted molar refractivity (Wildman–Crippen MR) is 100 cm³/mol. The minimum Gasteiger partial charge on any atom is -0.462 e. The summed E-state index contributed by atoms with van der Waals surface area (Å²) in [6.45, 7) is 3.22. The van der Waals surface area contributed by atoms with Gasteiger partial charge in [-0.05, 0) is 31.2 Å². The number of rotatable bonds is 4. The molecule has 0 bridgehead atoms. The lowest BCUT2D eigenvalue weighted by Crippen LogP contribution is -2.30. The quantitative estimate of drug-likeness (QED) is 0.730. The summed E-state index contributed by atoms with van der Waals surface area (Å²) in [4.78, 5) is 40.5. The van der Waals surface area contributed by atoms with Crippen molar-refractivity contribution in [3.05, 3.63) is 49.5 Å². The monoisotopic (exact) mass is 425 g/mol. The zero-order valence-electron chi connectivity index (χ0n) is 13.4. The fraction of sp³-hybridized carbons (Fsp3) is 0.250. The van der Waals surface area contributed by atoms with Crippen LogP contribution in [-0.4, -0.2) is 29.6 Å². The number of carbonyl (C=O) groups is 2. The number of halogens is 1. The number of carbonyl (C=O) groups excluding carboxylic acids is 2. The molecule has 1 N–H and O–H groups in total. The van der Waals surface area contributed by atoms with Gasteiger partial charge in [0, 0.05) is 18.3 Å². The summed E-state index contributed by atoms with van der Waals surface area (Å²) < 4.78 is 6.82. The van der Waals surface area contributed by atoms with Crippen LogP contribution in [0, 0.1) is 0 Å². The van der Waals surface area contributed by atoms with Crippen LogP contribution in [0.25, 0.3) is 6.08 Å². The highest BCUT2D eigenvalue weighted by Gasteiger charge is 2.11. The third-order valence-corrected chi connectivity index (χ3v) is 4.43. The van der Waals surface area contributed by atoms with Gasteiger partial charge in [-0.2, -0.15) is 0 Å². The number of aromatic nitrogens is 1. The normalized spacial score (nSPS) is 12.8. The van der Waals surface area contributed by atoms with Crippen LogP contribution in [0.5, 0.6) is 0 Å². The minimum atomic E-state index is -0.410. The largest absolute Gasteiger partial charge is 0.462 e. The fourth-order valence-electron chi connectivity index (χ4n) is 2.27. The molecular formula is C16H16BrN3O4S. The Hall–Kier alpha value is -2.26. The SMILES string of the molecule is Br.CCOC(=O)c1ccc(NC(=O)/C=c2\sc3n(c2=O)CCN=3)cc1. The molecule has 0 fully saturated rings. The Morgan fingerprint density at radius 2 is 2.08 bits per heavy atom. The van der Waals surface area contributed by atoms with Gasteiger partial charge in [0.1, 0.15) is 4.53 Å². The maximum Gasteiger partial charge on any atom is 0.338 e. The molecule has 1 aliphatic rings. The summed E-state index contributed by atoms with van der Waals surface area (Å²) in [6.07, 6.45) is 1.27. The molecule has 1 aliphatic heterocycles. The van der Waals surface area contributed by atoms with E-state index in [1.807, 2.05) is 0 Å². The number of ether oxygens (including phenoxy) is 1. The van der Waals surface area contributed by atoms with Crippen LogP contribution in [0.4, 0.5) is 5.69 Å². The summed E-state index contributed by atoms with van der Waals surface area (Å²) in [5.74, 6) is -0.816. The number of benzene rings is 1. The number of nitrogens with zero attached hydrogens (tertiary/aromatic N) is 2. The highest BCUT2D eigenvalue weighted by atomic mass is 79.9. The molecule has 0 unspecified atom stereocenters. The molecule has 0 atom stereocenters. The Morgan fingerprint density at radius 3 is 2.72 bits per heavy atom. The number of nitrogens with one attached hydrogen (secondary N) is 1. The molecule has 0 spiro atoms. The van der Waals surface area contributed by atoms with Gasteiger partial charge in [-0.3, -0.25) is 19.1 Å². The summed E-state index contributed by atoms with van der Waals surface area (Å²) in [6, 6.07) is 6.35. The van der Waals surface area contributed by atoms with Crippen molar-refractivity contribution in [1.82, 2.24) is 4.57 Å². The zero-order chi connectivity index (χ0) is 17.1. The molecule has 7 nitrogen and oxygen atoms in total. The Kier molecular flexibility index (Phi) is 6.27. The fourth-order valence-corrected chi connectivity index (χ4v) is 3.27. The van der Waals surface area contributed by atoms with Crippen LogP contribution in [0.1, 0.15) is 17.3 Å². The number of amides is 1. The second-order valence-corrected chi connectivity index (χ2v) is 6.03. The molecule has 0 radical (unpaired) electrons. The van der Waals surface area contributed by atoms with E-state index in [-0.39, 0.29) is 22.5 Å². The van der Waals surface area contributed by atoms with E-state index in [0.29, 0.717) is 40.3 Å². The zero-order valence-corrected chi connectivity index (χ0v) is 15.9. The molecule has 25 heavy (non-hydrogen) atoms. The summed E-state index contributed by atoms with van der Waals surface area (Å²) in [5.41, 5.74) is 0.746. The van der Waals surface area contributed by atoms with E-state index >= 15 is 0 Å². The van der Waals surface area contributed by atoms with E-state index in [0.717, 1.165) is 0 Å². The average Bonchev–Trinajstić information content (AvgIpc) is 3.12. The van der Waals surface area contributed by atoms with Crippen LogP contribution in [-0.2, 0) is 16.1 Å². The number of esters is 1. The van der Waals surface area contributed by atoms with E-state index in [2.05, 4.69) is 10.3 Å². The molecule has 2 heterocycles. The first-order chi connectivity index (χ1) is 11.6. The van der Waals surface area contributed by atoms with Crippen molar-refractivity contribution < 1.29 is 14.3 Å². The Bertz CT molecular complexity index is 963. The average molecular weight is 426 g/mol. The molecule has 0 saturated heterocycles. The molecule has 2 aromatic rings. The third kappa shape index (κ3) is 4.23. The molecule has 132 valence electrons. The Balaban J connectivity index is 0.00000225. The molecule has 1 aromatic carbocycles. The van der Waals surface area contributed by atoms with Gasteiger partial charge in [-0.25, -0.2) is 4.79 Å². The Labute approximate surface area is 157 Å². The maximum absolute atomic E-state index is 12.1. The number of anilines is 1. The smallest absolute Gasteiger partial charge is 0.338 e. The van der Waals surface area contributed by atoms with Gasteiger partial charge in [0.05, 0.1) is 18.7 Å². The van der Waals surface area contributed by atoms with Gasteiger partial charge in [-0.1, -0.05) is 11.3 Å². The van der Waals surface area contributed by atoms with Gasteiger partial charge in [-0.15, -0.1) is 17.0 Å². The van der Waals surface area contributed by atoms with Crippen LogP contribution in [0.15, 0.2) is 34.1 Å². The highest BCUT2D eigenvalue weighted by molar-refractivity contribution is 8.93. The van der Waals surface area contributed by atoms with Crippen molar-refractivity contribution in [3.8, 4) is 0 Å². The number of hydrogen-bond donors (Lipinski definition) is 1.